The molecule has 2 aromatic carbocycles. The molecule has 0 aliphatic carbocycles. The fourth-order valence-corrected chi connectivity index (χ4v) is 3.96. The Morgan fingerprint density at radius 1 is 1.00 bits per heavy atom. The highest BCUT2D eigenvalue weighted by Gasteiger charge is 2.13. The van der Waals surface area contributed by atoms with Gasteiger partial charge in [-0.2, -0.15) is 0 Å². The van der Waals surface area contributed by atoms with Crippen molar-refractivity contribution in [3.8, 4) is 5.75 Å². The van der Waals surface area contributed by atoms with Gasteiger partial charge in [-0.25, -0.2) is 0 Å². The second-order valence-corrected chi connectivity index (χ2v) is 9.06. The fraction of sp³-hybridized carbons (Fsp3) is 0.211. The van der Waals surface area contributed by atoms with Gasteiger partial charge in [0.2, 0.25) is 11.8 Å². The molecule has 12 heteroatoms. The summed E-state index contributed by atoms with van der Waals surface area (Å²) >= 11 is 30.9. The van der Waals surface area contributed by atoms with Gasteiger partial charge in [-0.05, 0) is 36.8 Å². The number of benzene rings is 2. The van der Waals surface area contributed by atoms with Gasteiger partial charge in [0, 0.05) is 11.4 Å². The lowest BCUT2D eigenvalue weighted by Crippen LogP contribution is -2.14. The number of aryl methyl sites for hydroxylation is 1. The van der Waals surface area contributed by atoms with E-state index in [1.54, 1.807) is 18.2 Å². The summed E-state index contributed by atoms with van der Waals surface area (Å²) in [7, 11) is 0. The maximum atomic E-state index is 12.1. The zero-order chi connectivity index (χ0) is 22.4. The summed E-state index contributed by atoms with van der Waals surface area (Å²) in [6.45, 7) is 0.416. The molecule has 6 nitrogen and oxygen atoms in total. The van der Waals surface area contributed by atoms with Crippen LogP contribution in [0.5, 0.6) is 5.75 Å². The molecular formula is C19H14Cl5N3O3S. The Morgan fingerprint density at radius 2 is 1.77 bits per heavy atom. The topological polar surface area (TPSA) is 77.2 Å². The Balaban J connectivity index is 1.41. The van der Waals surface area contributed by atoms with Gasteiger partial charge in [0.1, 0.15) is 5.75 Å². The summed E-state index contributed by atoms with van der Waals surface area (Å²) in [5.41, 5.74) is 0.369. The highest BCUT2D eigenvalue weighted by molar-refractivity contribution is 7.99. The molecule has 1 aromatic heterocycles. The number of hydrogen-bond donors (Lipinski definition) is 1. The molecule has 164 valence electrons. The third-order valence-electron chi connectivity index (χ3n) is 3.75. The molecular weight excluding hydrogens is 528 g/mol. The first-order valence-corrected chi connectivity index (χ1v) is 11.7. The van der Waals surface area contributed by atoms with Crippen LogP contribution in [0.25, 0.3) is 0 Å². The molecule has 0 fully saturated rings. The first kappa shape index (κ1) is 24.3. The normalized spacial score (nSPS) is 10.9. The molecule has 31 heavy (non-hydrogen) atoms. The number of rotatable bonds is 9. The number of halogens is 5. The maximum absolute atomic E-state index is 12.1. The van der Waals surface area contributed by atoms with Crippen molar-refractivity contribution >= 4 is 81.4 Å². The van der Waals surface area contributed by atoms with E-state index >= 15 is 0 Å². The van der Waals surface area contributed by atoms with E-state index in [-0.39, 0.29) is 26.9 Å². The summed E-state index contributed by atoms with van der Waals surface area (Å²) in [5.74, 6) is 0.747. The van der Waals surface area contributed by atoms with E-state index in [0.717, 1.165) is 11.8 Å². The van der Waals surface area contributed by atoms with Crippen molar-refractivity contribution in [3.63, 3.8) is 0 Å². The predicted molar refractivity (Wildman–Crippen MR) is 125 cm³/mol. The van der Waals surface area contributed by atoms with Gasteiger partial charge >= 0.3 is 0 Å². The van der Waals surface area contributed by atoms with Crippen LogP contribution >= 0.6 is 69.8 Å². The molecule has 1 heterocycles. The molecule has 3 rings (SSSR count). The predicted octanol–water partition coefficient (Wildman–Crippen LogP) is 7.08. The van der Waals surface area contributed by atoms with E-state index in [1.807, 2.05) is 0 Å². The Morgan fingerprint density at radius 3 is 2.55 bits per heavy atom. The number of amides is 1. The fourth-order valence-electron chi connectivity index (χ4n) is 2.33. The molecule has 0 radical (unpaired) electrons. The molecule has 0 atom stereocenters. The number of carbonyl (C=O) groups excluding carboxylic acids is 1. The lowest BCUT2D eigenvalue weighted by molar-refractivity contribution is -0.113. The van der Waals surface area contributed by atoms with Gasteiger partial charge < -0.3 is 14.5 Å². The Hall–Kier alpha value is -1.35. The van der Waals surface area contributed by atoms with E-state index < -0.39 is 0 Å². The Labute approximate surface area is 207 Å². The van der Waals surface area contributed by atoms with Gasteiger partial charge in [0.25, 0.3) is 5.22 Å². The number of hydrogen-bond acceptors (Lipinski definition) is 6. The third kappa shape index (κ3) is 7.34. The van der Waals surface area contributed by atoms with E-state index in [2.05, 4.69) is 15.5 Å². The zero-order valence-electron chi connectivity index (χ0n) is 15.6. The van der Waals surface area contributed by atoms with Gasteiger partial charge in [-0.1, -0.05) is 69.8 Å². The minimum atomic E-state index is -0.307. The molecule has 0 aliphatic rings. The van der Waals surface area contributed by atoms with Crippen LogP contribution in [-0.4, -0.2) is 28.5 Å². The number of aromatic nitrogens is 2. The Kier molecular flexibility index (Phi) is 9.01. The minimum Gasteiger partial charge on any atom is -0.492 e. The summed E-state index contributed by atoms with van der Waals surface area (Å²) in [6.07, 6.45) is 1.16. The molecule has 1 amide bonds. The van der Waals surface area contributed by atoms with Crippen molar-refractivity contribution in [2.24, 2.45) is 0 Å². The molecule has 3 aromatic rings. The van der Waals surface area contributed by atoms with Gasteiger partial charge in [-0.3, -0.25) is 4.79 Å². The summed E-state index contributed by atoms with van der Waals surface area (Å²) < 4.78 is 11.1. The van der Waals surface area contributed by atoms with Crippen LogP contribution in [0.2, 0.25) is 25.1 Å². The van der Waals surface area contributed by atoms with Crippen LogP contribution in [0.4, 0.5) is 5.69 Å². The quantitative estimate of drug-likeness (QED) is 0.177. The largest absolute Gasteiger partial charge is 0.492 e. The average molecular weight is 542 g/mol. The molecule has 0 saturated carbocycles. The number of nitrogens with one attached hydrogen (secondary N) is 1. The van der Waals surface area contributed by atoms with Crippen molar-refractivity contribution in [1.82, 2.24) is 10.2 Å². The summed E-state index contributed by atoms with van der Waals surface area (Å²) in [6, 6.07) is 7.98. The smallest absolute Gasteiger partial charge is 0.277 e. The molecule has 0 bridgehead atoms. The third-order valence-corrected chi connectivity index (χ3v) is 6.13. The van der Waals surface area contributed by atoms with Gasteiger partial charge in [-0.15, -0.1) is 10.2 Å². The lowest BCUT2D eigenvalue weighted by Gasteiger charge is -2.08. The van der Waals surface area contributed by atoms with Crippen LogP contribution in [0.15, 0.2) is 40.0 Å². The molecule has 0 saturated heterocycles. The maximum Gasteiger partial charge on any atom is 0.277 e. The van der Waals surface area contributed by atoms with E-state index in [0.29, 0.717) is 51.8 Å². The van der Waals surface area contributed by atoms with Gasteiger partial charge in [0.05, 0.1) is 38.1 Å². The van der Waals surface area contributed by atoms with E-state index in [4.69, 9.17) is 67.2 Å². The van der Waals surface area contributed by atoms with Crippen LogP contribution in [0.3, 0.4) is 0 Å². The van der Waals surface area contributed by atoms with Crippen molar-refractivity contribution in [2.45, 2.75) is 18.1 Å². The van der Waals surface area contributed by atoms with Crippen LogP contribution in [0, 0.1) is 0 Å². The van der Waals surface area contributed by atoms with Crippen molar-refractivity contribution in [1.29, 1.82) is 0 Å². The van der Waals surface area contributed by atoms with Crippen LogP contribution < -0.4 is 10.1 Å². The molecule has 0 unspecified atom stereocenters. The zero-order valence-corrected chi connectivity index (χ0v) is 20.2. The number of thioether (sulfide) groups is 1. The van der Waals surface area contributed by atoms with E-state index in [9.17, 15) is 4.79 Å². The second kappa shape index (κ2) is 11.5. The number of ether oxygens (including phenoxy) is 1. The molecule has 1 N–H and O–H groups in total. The van der Waals surface area contributed by atoms with Crippen molar-refractivity contribution < 1.29 is 13.9 Å². The van der Waals surface area contributed by atoms with Crippen molar-refractivity contribution in [3.05, 3.63) is 61.3 Å². The highest BCUT2D eigenvalue weighted by Crippen LogP contribution is 2.32. The van der Waals surface area contributed by atoms with Crippen molar-refractivity contribution in [2.75, 3.05) is 17.7 Å². The lowest BCUT2D eigenvalue weighted by atomic mass is 10.3. The Bertz CT molecular complexity index is 1080. The SMILES string of the molecule is O=C(CSc1nnc(CCCOc2ccc(Cl)cc2Cl)o1)Nc1cc(Cl)c(Cl)cc1Cl. The first-order valence-electron chi connectivity index (χ1n) is 8.79. The number of anilines is 1. The number of nitrogens with zero attached hydrogens (tertiary/aromatic N) is 2. The van der Waals surface area contributed by atoms with Gasteiger partial charge in [0.15, 0.2) is 0 Å². The van der Waals surface area contributed by atoms with Crippen LogP contribution in [0.1, 0.15) is 12.3 Å². The highest BCUT2D eigenvalue weighted by atomic mass is 35.5. The molecule has 0 aliphatic heterocycles. The average Bonchev–Trinajstić information content (AvgIpc) is 3.17. The number of carbonyl (C=O) groups is 1. The summed E-state index contributed by atoms with van der Waals surface area (Å²) in [5, 5.41) is 12.7. The van der Waals surface area contributed by atoms with E-state index in [1.165, 1.54) is 12.1 Å². The first-order chi connectivity index (χ1) is 14.8. The monoisotopic (exact) mass is 539 g/mol. The summed E-state index contributed by atoms with van der Waals surface area (Å²) in [4.78, 5) is 12.1. The standard InChI is InChI=1S/C19H14Cl5N3O3S/c20-10-3-4-16(14(24)6-10)29-5-1-2-18-26-27-19(30-18)31-9-17(28)25-15-8-12(22)11(21)7-13(15)23/h3-4,6-8H,1-2,5,9H2,(H,25,28). The molecule has 0 spiro atoms. The van der Waals surface area contributed by atoms with Crippen LogP contribution in [-0.2, 0) is 11.2 Å². The minimum absolute atomic E-state index is 0.0520. The second-order valence-electron chi connectivity index (χ2n) is 6.07.